The van der Waals surface area contributed by atoms with Crippen molar-refractivity contribution in [2.45, 2.75) is 38.8 Å². The van der Waals surface area contributed by atoms with Crippen LogP contribution in [0.4, 0.5) is 0 Å². The van der Waals surface area contributed by atoms with Crippen molar-refractivity contribution < 1.29 is 0 Å². The van der Waals surface area contributed by atoms with Crippen molar-refractivity contribution in [3.8, 4) is 0 Å². The van der Waals surface area contributed by atoms with E-state index in [1.165, 1.54) is 25.8 Å². The van der Waals surface area contributed by atoms with Crippen LogP contribution in [0.1, 0.15) is 33.1 Å². The van der Waals surface area contributed by atoms with Crippen LogP contribution in [0.3, 0.4) is 0 Å². The average Bonchev–Trinajstić information content (AvgIpc) is 2.35. The minimum Gasteiger partial charge on any atom is -0.298 e. The fourth-order valence-corrected chi connectivity index (χ4v) is 2.07. The predicted octanol–water partition coefficient (Wildman–Crippen LogP) is 1.43. The summed E-state index contributed by atoms with van der Waals surface area (Å²) in [6.45, 7) is 6.88. The molecule has 0 bridgehead atoms. The Morgan fingerprint density at radius 3 is 2.55 bits per heavy atom. The van der Waals surface area contributed by atoms with Gasteiger partial charge in [0.15, 0.2) is 0 Å². The molecule has 0 aromatic carbocycles. The second kappa shape index (κ2) is 3.55. The standard InChI is InChI=1S/C9H20N2/c1-4-6-9(5-2)10-7-8-11(9)3/h10H,4-8H2,1-3H3. The molecular weight excluding hydrogens is 136 g/mol. The molecule has 0 radical (unpaired) electrons. The third kappa shape index (κ3) is 1.57. The fourth-order valence-electron chi connectivity index (χ4n) is 2.07. The highest BCUT2D eigenvalue weighted by Crippen LogP contribution is 2.24. The number of hydrogen-bond donors (Lipinski definition) is 1. The van der Waals surface area contributed by atoms with E-state index >= 15 is 0 Å². The molecule has 1 unspecified atom stereocenters. The number of likely N-dealkylation sites (N-methyl/N-ethyl adjacent to an activating group) is 1. The number of rotatable bonds is 3. The van der Waals surface area contributed by atoms with Gasteiger partial charge in [0.2, 0.25) is 0 Å². The molecule has 1 rings (SSSR count). The monoisotopic (exact) mass is 156 g/mol. The van der Waals surface area contributed by atoms with Crippen molar-refractivity contribution in [2.24, 2.45) is 0 Å². The van der Waals surface area contributed by atoms with Crippen molar-refractivity contribution in [3.05, 3.63) is 0 Å². The Kier molecular flexibility index (Phi) is 2.90. The molecule has 1 fully saturated rings. The highest BCUT2D eigenvalue weighted by molar-refractivity contribution is 4.90. The van der Waals surface area contributed by atoms with Crippen LogP contribution in [0.5, 0.6) is 0 Å². The Morgan fingerprint density at radius 1 is 1.45 bits per heavy atom. The van der Waals surface area contributed by atoms with Crippen LogP contribution < -0.4 is 5.32 Å². The first-order valence-corrected chi connectivity index (χ1v) is 4.71. The molecule has 1 saturated heterocycles. The van der Waals surface area contributed by atoms with Crippen LogP contribution >= 0.6 is 0 Å². The zero-order chi connectivity index (χ0) is 8.32. The summed E-state index contributed by atoms with van der Waals surface area (Å²) in [5, 5.41) is 3.60. The van der Waals surface area contributed by atoms with Crippen LogP contribution in [0.2, 0.25) is 0 Å². The number of nitrogens with zero attached hydrogens (tertiary/aromatic N) is 1. The van der Waals surface area contributed by atoms with Crippen molar-refractivity contribution in [2.75, 3.05) is 20.1 Å². The minimum absolute atomic E-state index is 0.328. The SMILES string of the molecule is CCCC1(CC)NCCN1C. The van der Waals surface area contributed by atoms with Gasteiger partial charge in [0.25, 0.3) is 0 Å². The number of nitrogens with one attached hydrogen (secondary N) is 1. The molecule has 0 aromatic rings. The first-order chi connectivity index (χ1) is 5.25. The van der Waals surface area contributed by atoms with Gasteiger partial charge in [-0.2, -0.15) is 0 Å². The van der Waals surface area contributed by atoms with E-state index in [4.69, 9.17) is 0 Å². The predicted molar refractivity (Wildman–Crippen MR) is 48.6 cm³/mol. The fraction of sp³-hybridized carbons (Fsp3) is 1.00. The summed E-state index contributed by atoms with van der Waals surface area (Å²) < 4.78 is 0. The molecule has 2 heteroatoms. The maximum absolute atomic E-state index is 3.60. The Morgan fingerprint density at radius 2 is 2.18 bits per heavy atom. The molecule has 1 aliphatic rings. The average molecular weight is 156 g/mol. The maximum atomic E-state index is 3.60. The summed E-state index contributed by atoms with van der Waals surface area (Å²) >= 11 is 0. The Labute approximate surface area is 70.0 Å². The van der Waals surface area contributed by atoms with Gasteiger partial charge >= 0.3 is 0 Å². The van der Waals surface area contributed by atoms with Crippen molar-refractivity contribution in [3.63, 3.8) is 0 Å². The second-order valence-electron chi connectivity index (χ2n) is 3.48. The van der Waals surface area contributed by atoms with Crippen molar-refractivity contribution in [1.29, 1.82) is 0 Å². The van der Waals surface area contributed by atoms with E-state index in [1.807, 2.05) is 0 Å². The van der Waals surface area contributed by atoms with Gasteiger partial charge in [0.05, 0.1) is 5.66 Å². The number of hydrogen-bond acceptors (Lipinski definition) is 2. The first-order valence-electron chi connectivity index (χ1n) is 4.71. The lowest BCUT2D eigenvalue weighted by Gasteiger charge is -2.35. The van der Waals surface area contributed by atoms with E-state index in [1.54, 1.807) is 0 Å². The second-order valence-corrected chi connectivity index (χ2v) is 3.48. The molecule has 0 amide bonds. The van der Waals surface area contributed by atoms with E-state index in [-0.39, 0.29) is 0 Å². The summed E-state index contributed by atoms with van der Waals surface area (Å²) in [5.41, 5.74) is 0.328. The zero-order valence-electron chi connectivity index (χ0n) is 7.98. The Hall–Kier alpha value is -0.0800. The minimum atomic E-state index is 0.328. The van der Waals surface area contributed by atoms with Crippen LogP contribution in [-0.2, 0) is 0 Å². The van der Waals surface area contributed by atoms with Gasteiger partial charge in [-0.15, -0.1) is 0 Å². The lowest BCUT2D eigenvalue weighted by molar-refractivity contribution is 0.131. The van der Waals surface area contributed by atoms with E-state index < -0.39 is 0 Å². The van der Waals surface area contributed by atoms with Crippen LogP contribution in [0.25, 0.3) is 0 Å². The summed E-state index contributed by atoms with van der Waals surface area (Å²) in [6.07, 6.45) is 3.77. The largest absolute Gasteiger partial charge is 0.298 e. The van der Waals surface area contributed by atoms with E-state index in [2.05, 4.69) is 31.1 Å². The molecule has 0 aliphatic carbocycles. The summed E-state index contributed by atoms with van der Waals surface area (Å²) in [4.78, 5) is 2.45. The lowest BCUT2D eigenvalue weighted by atomic mass is 10.0. The highest BCUT2D eigenvalue weighted by atomic mass is 15.4. The highest BCUT2D eigenvalue weighted by Gasteiger charge is 2.34. The third-order valence-electron chi connectivity index (χ3n) is 2.88. The van der Waals surface area contributed by atoms with E-state index in [0.29, 0.717) is 5.66 Å². The molecule has 11 heavy (non-hydrogen) atoms. The van der Waals surface area contributed by atoms with Gasteiger partial charge in [-0.1, -0.05) is 20.3 Å². The summed E-state index contributed by atoms with van der Waals surface area (Å²) in [7, 11) is 2.22. The Balaban J connectivity index is 2.57. The lowest BCUT2D eigenvalue weighted by Crippen LogP contribution is -2.49. The van der Waals surface area contributed by atoms with Gasteiger partial charge < -0.3 is 0 Å². The molecule has 2 nitrogen and oxygen atoms in total. The molecular formula is C9H20N2. The van der Waals surface area contributed by atoms with Gasteiger partial charge in [0.1, 0.15) is 0 Å². The van der Waals surface area contributed by atoms with Gasteiger partial charge in [-0.05, 0) is 19.9 Å². The first kappa shape index (κ1) is 9.01. The normalized spacial score (nSPS) is 33.0. The van der Waals surface area contributed by atoms with Gasteiger partial charge in [0, 0.05) is 13.1 Å². The van der Waals surface area contributed by atoms with Crippen molar-refractivity contribution in [1.82, 2.24) is 10.2 Å². The van der Waals surface area contributed by atoms with Crippen LogP contribution in [-0.4, -0.2) is 30.7 Å². The molecule has 1 N–H and O–H groups in total. The quantitative estimate of drug-likeness (QED) is 0.665. The van der Waals surface area contributed by atoms with Crippen molar-refractivity contribution >= 4 is 0 Å². The van der Waals surface area contributed by atoms with Crippen LogP contribution in [0.15, 0.2) is 0 Å². The molecule has 0 saturated carbocycles. The van der Waals surface area contributed by atoms with Crippen LogP contribution in [0, 0.1) is 0 Å². The third-order valence-corrected chi connectivity index (χ3v) is 2.88. The van der Waals surface area contributed by atoms with E-state index in [9.17, 15) is 0 Å². The zero-order valence-corrected chi connectivity index (χ0v) is 7.98. The van der Waals surface area contributed by atoms with Gasteiger partial charge in [-0.3, -0.25) is 10.2 Å². The summed E-state index contributed by atoms with van der Waals surface area (Å²) in [6, 6.07) is 0. The molecule has 0 spiro atoms. The topological polar surface area (TPSA) is 15.3 Å². The molecule has 66 valence electrons. The van der Waals surface area contributed by atoms with Gasteiger partial charge in [-0.25, -0.2) is 0 Å². The molecule has 0 aromatic heterocycles. The maximum Gasteiger partial charge on any atom is 0.0708 e. The molecule has 1 aliphatic heterocycles. The summed E-state index contributed by atoms with van der Waals surface area (Å²) in [5.74, 6) is 0. The molecule has 1 atom stereocenters. The smallest absolute Gasteiger partial charge is 0.0708 e. The molecule has 1 heterocycles. The Bertz CT molecular complexity index is 125. The van der Waals surface area contributed by atoms with E-state index in [0.717, 1.165) is 6.54 Å².